The molecule has 0 amide bonds. The van der Waals surface area contributed by atoms with Crippen molar-refractivity contribution in [2.24, 2.45) is 0 Å². The van der Waals surface area contributed by atoms with E-state index in [1.807, 2.05) is 15.4 Å². The Labute approximate surface area is 280 Å². The van der Waals surface area contributed by atoms with Crippen molar-refractivity contribution in [3.8, 4) is 0 Å². The van der Waals surface area contributed by atoms with Gasteiger partial charge < -0.3 is 30.8 Å². The molecule has 14 heteroatoms. The van der Waals surface area contributed by atoms with Gasteiger partial charge in [-0.1, -0.05) is 6.92 Å². The van der Waals surface area contributed by atoms with Gasteiger partial charge in [-0.3, -0.25) is 0 Å². The molecule has 2 aromatic carbocycles. The Bertz CT molecular complexity index is 2080. The largest absolute Gasteiger partial charge is 0.389 e. The van der Waals surface area contributed by atoms with Gasteiger partial charge >= 0.3 is 0 Å². The molecule has 250 valence electrons. The van der Waals surface area contributed by atoms with Crippen molar-refractivity contribution < 1.29 is 19.0 Å². The van der Waals surface area contributed by atoms with Crippen LogP contribution < -0.4 is 11.5 Å². The van der Waals surface area contributed by atoms with Gasteiger partial charge in [0.25, 0.3) is 0 Å². The molecule has 0 atom stereocenters. The van der Waals surface area contributed by atoms with Crippen molar-refractivity contribution in [2.75, 3.05) is 23.5 Å². The van der Waals surface area contributed by atoms with Crippen LogP contribution in [0.5, 0.6) is 0 Å². The molecule has 10 nitrogen and oxygen atoms in total. The first kappa shape index (κ1) is 34.6. The monoisotopic (exact) mass is 682 g/mol. The highest BCUT2D eigenvalue weighted by atomic mass is 32.2. The Kier molecular flexibility index (Phi) is 9.88. The van der Waals surface area contributed by atoms with Crippen LogP contribution in [0.15, 0.2) is 36.4 Å². The highest BCUT2D eigenvalue weighted by molar-refractivity contribution is 7.98. The summed E-state index contributed by atoms with van der Waals surface area (Å²) in [6.45, 7) is 9.82. The molecule has 0 aliphatic rings. The fraction of sp³-hybridized carbons (Fsp3) is 0.394. The molecule has 0 aliphatic carbocycles. The number of nitrogen functional groups attached to an aromatic ring is 2. The summed E-state index contributed by atoms with van der Waals surface area (Å²) in [6, 6.07) is 8.91. The van der Waals surface area contributed by atoms with Crippen LogP contribution in [0.4, 0.5) is 20.4 Å². The fourth-order valence-corrected chi connectivity index (χ4v) is 6.61. The first-order valence-electron chi connectivity index (χ1n) is 15.1. The quantitative estimate of drug-likeness (QED) is 0.137. The molecular formula is C33H40F2N8O2S2. The summed E-state index contributed by atoms with van der Waals surface area (Å²) in [7, 11) is 0. The van der Waals surface area contributed by atoms with Crippen molar-refractivity contribution in [3.05, 3.63) is 59.7 Å². The summed E-state index contributed by atoms with van der Waals surface area (Å²) in [5.74, 6) is 3.85. The molecule has 0 fully saturated rings. The molecular weight excluding hydrogens is 643 g/mol. The zero-order valence-corrected chi connectivity index (χ0v) is 28.9. The Hall–Kier alpha value is -3.72. The van der Waals surface area contributed by atoms with Gasteiger partial charge in [-0.15, -0.1) is 0 Å². The molecule has 6 N–H and O–H groups in total. The summed E-state index contributed by atoms with van der Waals surface area (Å²) in [5, 5.41) is 22.1. The van der Waals surface area contributed by atoms with E-state index in [4.69, 9.17) is 11.5 Å². The Morgan fingerprint density at radius 2 is 1.15 bits per heavy atom. The molecule has 0 saturated carbocycles. The van der Waals surface area contributed by atoms with Crippen molar-refractivity contribution in [2.45, 2.75) is 70.4 Å². The minimum Gasteiger partial charge on any atom is -0.389 e. The van der Waals surface area contributed by atoms with E-state index in [-0.39, 0.29) is 23.3 Å². The van der Waals surface area contributed by atoms with E-state index in [2.05, 4.69) is 26.9 Å². The molecule has 0 unspecified atom stereocenters. The maximum atomic E-state index is 13.6. The van der Waals surface area contributed by atoms with Crippen LogP contribution in [0, 0.1) is 11.6 Å². The van der Waals surface area contributed by atoms with E-state index in [0.29, 0.717) is 46.7 Å². The zero-order chi connectivity index (χ0) is 34.3. The lowest BCUT2D eigenvalue weighted by molar-refractivity contribution is 0.0615. The van der Waals surface area contributed by atoms with Crippen LogP contribution in [0.3, 0.4) is 0 Å². The van der Waals surface area contributed by atoms with Crippen molar-refractivity contribution in [3.63, 3.8) is 0 Å². The molecule has 0 saturated heterocycles. The van der Waals surface area contributed by atoms with Crippen LogP contribution in [-0.4, -0.2) is 62.5 Å². The van der Waals surface area contributed by atoms with Crippen LogP contribution >= 0.6 is 23.5 Å². The van der Waals surface area contributed by atoms with E-state index < -0.39 is 11.2 Å². The Morgan fingerprint density at radius 3 is 1.53 bits per heavy atom. The minimum absolute atomic E-state index is 0.273. The van der Waals surface area contributed by atoms with E-state index in [9.17, 15) is 19.0 Å². The van der Waals surface area contributed by atoms with Gasteiger partial charge in [0.2, 0.25) is 0 Å². The molecule has 47 heavy (non-hydrogen) atoms. The topological polar surface area (TPSA) is 154 Å². The predicted octanol–water partition coefficient (Wildman–Crippen LogP) is 6.27. The number of fused-ring (bicyclic) bond motifs is 6. The molecule has 0 aliphatic heterocycles. The number of imidazole rings is 2. The second-order valence-electron chi connectivity index (χ2n) is 12.6. The molecule has 0 spiro atoms. The highest BCUT2D eigenvalue weighted by Gasteiger charge is 2.24. The number of aliphatic hydroxyl groups is 2. The molecule has 4 aromatic heterocycles. The number of nitrogens with two attached hydrogens (primary N) is 2. The van der Waals surface area contributed by atoms with Gasteiger partial charge in [-0.25, -0.2) is 28.7 Å². The van der Waals surface area contributed by atoms with Crippen LogP contribution in [0.1, 0.15) is 46.3 Å². The van der Waals surface area contributed by atoms with E-state index in [1.165, 1.54) is 24.3 Å². The second-order valence-corrected chi connectivity index (χ2v) is 14.8. The molecule has 0 radical (unpaired) electrons. The lowest BCUT2D eigenvalue weighted by Gasteiger charge is -2.20. The standard InChI is InChI=1S/C17H21FN4OS.C16H19FN4OS/c1-4-24-8-13-21-14-15(22(13)9-17(2,3)23)11-6-5-10(18)7-12(11)20-16(14)19;1-16(2,22)8-21-12(7-23-3)20-13-14(21)10-5-4-9(17)6-11(10)19-15(13)18/h5-7,23H,4,8-9H2,1-3H3,(H2,19,20);4-6,22H,7-8H2,1-3H3,(H2,18,19). The normalized spacial score (nSPS) is 12.4. The summed E-state index contributed by atoms with van der Waals surface area (Å²) in [4.78, 5) is 17.8. The van der Waals surface area contributed by atoms with E-state index in [1.54, 1.807) is 63.4 Å². The molecule has 4 heterocycles. The van der Waals surface area contributed by atoms with Crippen LogP contribution in [0.2, 0.25) is 0 Å². The fourth-order valence-electron chi connectivity index (χ4n) is 5.52. The number of hydrogen-bond donors (Lipinski definition) is 4. The van der Waals surface area contributed by atoms with Crippen molar-refractivity contribution in [1.29, 1.82) is 0 Å². The average Bonchev–Trinajstić information content (AvgIpc) is 3.49. The van der Waals surface area contributed by atoms with Gasteiger partial charge in [0.15, 0.2) is 11.6 Å². The Morgan fingerprint density at radius 1 is 0.723 bits per heavy atom. The number of aromatic nitrogens is 6. The van der Waals surface area contributed by atoms with Crippen LogP contribution in [0.25, 0.3) is 43.9 Å². The first-order valence-corrected chi connectivity index (χ1v) is 17.6. The summed E-state index contributed by atoms with van der Waals surface area (Å²) in [5.41, 5.74) is 14.0. The number of rotatable bonds is 9. The molecule has 6 aromatic rings. The minimum atomic E-state index is -0.913. The van der Waals surface area contributed by atoms with Gasteiger partial charge in [0, 0.05) is 22.9 Å². The SMILES string of the molecule is CCSCc1nc2c(N)nc3cc(F)ccc3c2n1CC(C)(C)O.CSCc1nc2c(N)nc3cc(F)ccc3c2n1CC(C)(C)O. The Balaban J connectivity index is 0.000000185. The average molecular weight is 683 g/mol. The lowest BCUT2D eigenvalue weighted by atomic mass is 10.1. The maximum Gasteiger partial charge on any atom is 0.152 e. The third-order valence-corrected chi connectivity index (χ3v) is 8.71. The zero-order valence-electron chi connectivity index (χ0n) is 27.3. The lowest BCUT2D eigenvalue weighted by Crippen LogP contribution is -2.27. The van der Waals surface area contributed by atoms with Gasteiger partial charge in [-0.2, -0.15) is 23.5 Å². The number of pyridine rings is 2. The first-order chi connectivity index (χ1) is 22.1. The molecule has 0 bridgehead atoms. The van der Waals surface area contributed by atoms with Crippen molar-refractivity contribution in [1.82, 2.24) is 29.1 Å². The second kappa shape index (κ2) is 13.4. The summed E-state index contributed by atoms with van der Waals surface area (Å²) < 4.78 is 31.0. The third-order valence-electron chi connectivity index (χ3n) is 7.29. The maximum absolute atomic E-state index is 13.6. The smallest absolute Gasteiger partial charge is 0.152 e. The van der Waals surface area contributed by atoms with Crippen molar-refractivity contribution >= 4 is 79.0 Å². The predicted molar refractivity (Wildman–Crippen MR) is 190 cm³/mol. The van der Waals surface area contributed by atoms with Gasteiger partial charge in [0.05, 0.1) is 57.9 Å². The number of benzene rings is 2. The number of anilines is 2. The number of thioether (sulfide) groups is 2. The number of halogens is 2. The highest BCUT2D eigenvalue weighted by Crippen LogP contribution is 2.33. The van der Waals surface area contributed by atoms with E-state index >= 15 is 0 Å². The molecule has 6 rings (SSSR count). The van der Waals surface area contributed by atoms with Crippen LogP contribution in [-0.2, 0) is 24.6 Å². The van der Waals surface area contributed by atoms with Gasteiger partial charge in [-0.05, 0) is 64.0 Å². The summed E-state index contributed by atoms with van der Waals surface area (Å²) >= 11 is 3.38. The number of nitrogens with zero attached hydrogens (tertiary/aromatic N) is 6. The number of hydrogen-bond acceptors (Lipinski definition) is 10. The summed E-state index contributed by atoms with van der Waals surface area (Å²) in [6.07, 6.45) is 1.99. The van der Waals surface area contributed by atoms with Gasteiger partial charge in [0.1, 0.15) is 34.3 Å². The van der Waals surface area contributed by atoms with E-state index in [0.717, 1.165) is 39.2 Å². The third kappa shape index (κ3) is 7.56.